The van der Waals surface area contributed by atoms with Gasteiger partial charge in [0.15, 0.2) is 17.5 Å². The summed E-state index contributed by atoms with van der Waals surface area (Å²) in [5.74, 6) is -1.98. The predicted octanol–water partition coefficient (Wildman–Crippen LogP) is 2.64. The minimum atomic E-state index is -0.785. The lowest BCUT2D eigenvalue weighted by atomic mass is 9.89. The number of nitrogens with one attached hydrogen (secondary N) is 1. The number of carbonyl (C=O) groups excluding carboxylic acids is 2. The molecule has 7 nitrogen and oxygen atoms in total. The van der Waals surface area contributed by atoms with Gasteiger partial charge in [0.05, 0.1) is 18.0 Å². The van der Waals surface area contributed by atoms with Crippen LogP contribution in [0, 0.1) is 23.5 Å². The second-order valence-electron chi connectivity index (χ2n) is 10.00. The number of fused-ring (bicyclic) bond motifs is 1. The zero-order valence-electron chi connectivity index (χ0n) is 18.2. The van der Waals surface area contributed by atoms with Crippen molar-refractivity contribution in [1.29, 1.82) is 0 Å². The first-order chi connectivity index (χ1) is 14.3. The molecule has 3 aliphatic rings. The lowest BCUT2D eigenvalue weighted by Gasteiger charge is -2.38. The number of nitrogens with zero attached hydrogens (tertiary/aromatic N) is 2. The third-order valence-electron chi connectivity index (χ3n) is 6.06. The maximum atomic E-state index is 14.3. The average Bonchev–Trinajstić information content (AvgIpc) is 3.37. The maximum absolute atomic E-state index is 14.3. The first-order valence-electron chi connectivity index (χ1n) is 10.5. The quantitative estimate of drug-likeness (QED) is 0.761. The Hall–Kier alpha value is -2.71. The molecule has 2 heterocycles. The number of rotatable bonds is 4. The fraction of sp³-hybridized carbons (Fsp3) is 0.591. The topological polar surface area (TPSA) is 97.0 Å². The van der Waals surface area contributed by atoms with Gasteiger partial charge in [-0.3, -0.25) is 14.5 Å². The summed E-state index contributed by atoms with van der Waals surface area (Å²) in [7, 11) is 0. The summed E-state index contributed by atoms with van der Waals surface area (Å²) >= 11 is 0. The van der Waals surface area contributed by atoms with Gasteiger partial charge in [0.2, 0.25) is 11.8 Å². The van der Waals surface area contributed by atoms with Crippen LogP contribution >= 0.6 is 0 Å². The highest BCUT2D eigenvalue weighted by Crippen LogP contribution is 2.44. The maximum Gasteiger partial charge on any atom is 0.231 e. The van der Waals surface area contributed by atoms with Crippen molar-refractivity contribution in [3.63, 3.8) is 0 Å². The zero-order chi connectivity index (χ0) is 22.7. The molecule has 0 radical (unpaired) electrons. The summed E-state index contributed by atoms with van der Waals surface area (Å²) < 4.78 is 33.8. The van der Waals surface area contributed by atoms with E-state index in [9.17, 15) is 18.4 Å². The smallest absolute Gasteiger partial charge is 0.231 e. The molecule has 2 amide bonds. The molecule has 0 bridgehead atoms. The Labute approximate surface area is 180 Å². The van der Waals surface area contributed by atoms with Crippen LogP contribution in [0.1, 0.15) is 58.6 Å². The van der Waals surface area contributed by atoms with Crippen molar-refractivity contribution in [3.05, 3.63) is 29.3 Å². The van der Waals surface area contributed by atoms with E-state index in [2.05, 4.69) is 10.3 Å². The molecule has 31 heavy (non-hydrogen) atoms. The summed E-state index contributed by atoms with van der Waals surface area (Å²) in [6.07, 6.45) is 1.26. The van der Waals surface area contributed by atoms with E-state index in [-0.39, 0.29) is 41.8 Å². The minimum Gasteiger partial charge on any atom is -0.484 e. The van der Waals surface area contributed by atoms with E-state index >= 15 is 0 Å². The standard InChI is InChI=1S/C22H28F2N4O3/c1-21(2)9-17(29)28(20(25)27-21)10-11-5-13(11)19(30)26-16-8-22(3,4)31-18-14(16)6-12(23)7-15(18)24/h6-7,11,13,16H,5,8-10H2,1-4H3,(H2,25,27)(H,26,30)/t11?,13-,16?/m1/s1. The first kappa shape index (κ1) is 21.5. The molecular formula is C22H28F2N4O3. The summed E-state index contributed by atoms with van der Waals surface area (Å²) in [6.45, 7) is 7.62. The average molecular weight is 434 g/mol. The number of hydrogen-bond donors (Lipinski definition) is 2. The van der Waals surface area contributed by atoms with Crippen LogP contribution in [-0.4, -0.2) is 40.4 Å². The fourth-order valence-electron chi connectivity index (χ4n) is 4.48. The summed E-state index contributed by atoms with van der Waals surface area (Å²) in [5.41, 5.74) is 5.03. The molecule has 0 saturated heterocycles. The highest BCUT2D eigenvalue weighted by atomic mass is 19.1. The van der Waals surface area contributed by atoms with Crippen molar-refractivity contribution >= 4 is 17.8 Å². The van der Waals surface area contributed by atoms with Crippen molar-refractivity contribution in [3.8, 4) is 5.75 Å². The Balaban J connectivity index is 1.44. The van der Waals surface area contributed by atoms with Crippen molar-refractivity contribution in [2.45, 2.75) is 64.1 Å². The summed E-state index contributed by atoms with van der Waals surface area (Å²) in [4.78, 5) is 31.1. The van der Waals surface area contributed by atoms with E-state index in [4.69, 9.17) is 10.5 Å². The number of nitrogens with two attached hydrogens (primary N) is 1. The number of hydrogen-bond acceptors (Lipinski definition) is 5. The van der Waals surface area contributed by atoms with Gasteiger partial charge in [-0.25, -0.2) is 13.8 Å². The first-order valence-corrected chi connectivity index (χ1v) is 10.5. The number of halogens is 2. The van der Waals surface area contributed by atoms with Crippen LogP contribution in [0.25, 0.3) is 0 Å². The van der Waals surface area contributed by atoms with Gasteiger partial charge in [-0.05, 0) is 46.1 Å². The molecular weight excluding hydrogens is 406 g/mol. The van der Waals surface area contributed by atoms with Gasteiger partial charge in [0.25, 0.3) is 0 Å². The van der Waals surface area contributed by atoms with Gasteiger partial charge in [-0.2, -0.15) is 0 Å². The van der Waals surface area contributed by atoms with Crippen LogP contribution in [0.3, 0.4) is 0 Å². The van der Waals surface area contributed by atoms with Crippen LogP contribution in [0.15, 0.2) is 17.1 Å². The molecule has 9 heteroatoms. The van der Waals surface area contributed by atoms with Crippen molar-refractivity contribution < 1.29 is 23.1 Å². The minimum absolute atomic E-state index is 0.0270. The van der Waals surface area contributed by atoms with E-state index in [1.54, 1.807) is 13.8 Å². The van der Waals surface area contributed by atoms with Gasteiger partial charge >= 0.3 is 0 Å². The normalized spacial score (nSPS) is 28.3. The molecule has 4 rings (SSSR count). The number of amides is 2. The van der Waals surface area contributed by atoms with E-state index in [1.807, 2.05) is 13.8 Å². The van der Waals surface area contributed by atoms with Crippen LogP contribution in [0.2, 0.25) is 0 Å². The van der Waals surface area contributed by atoms with Crippen LogP contribution in [0.5, 0.6) is 5.75 Å². The van der Waals surface area contributed by atoms with Crippen LogP contribution < -0.4 is 15.8 Å². The molecule has 0 aromatic heterocycles. The Bertz CT molecular complexity index is 976. The van der Waals surface area contributed by atoms with Crippen molar-refractivity contribution in [2.24, 2.45) is 22.6 Å². The molecule has 1 aliphatic carbocycles. The lowest BCUT2D eigenvalue weighted by molar-refractivity contribution is -0.130. The van der Waals surface area contributed by atoms with E-state index in [1.165, 1.54) is 11.0 Å². The summed E-state index contributed by atoms with van der Waals surface area (Å²) in [6, 6.07) is 1.41. The van der Waals surface area contributed by atoms with Crippen LogP contribution in [0.4, 0.5) is 8.78 Å². The highest BCUT2D eigenvalue weighted by molar-refractivity contribution is 5.99. The molecule has 1 saturated carbocycles. The van der Waals surface area contributed by atoms with Crippen molar-refractivity contribution in [1.82, 2.24) is 10.2 Å². The van der Waals surface area contributed by atoms with Gasteiger partial charge in [-0.15, -0.1) is 0 Å². The number of aliphatic imine (C=N–C) groups is 1. The fourth-order valence-corrected chi connectivity index (χ4v) is 4.48. The molecule has 1 fully saturated rings. The molecule has 0 spiro atoms. The Morgan fingerprint density at radius 1 is 1.32 bits per heavy atom. The Kier molecular flexibility index (Phi) is 4.98. The van der Waals surface area contributed by atoms with Crippen LogP contribution in [-0.2, 0) is 9.59 Å². The van der Waals surface area contributed by atoms with Gasteiger partial charge in [0.1, 0.15) is 11.4 Å². The Morgan fingerprint density at radius 2 is 2.03 bits per heavy atom. The van der Waals surface area contributed by atoms with E-state index in [0.29, 0.717) is 24.9 Å². The van der Waals surface area contributed by atoms with Gasteiger partial charge in [-0.1, -0.05) is 0 Å². The second kappa shape index (κ2) is 7.17. The monoisotopic (exact) mass is 434 g/mol. The Morgan fingerprint density at radius 3 is 2.71 bits per heavy atom. The third-order valence-corrected chi connectivity index (χ3v) is 6.06. The number of guanidine groups is 1. The largest absolute Gasteiger partial charge is 0.484 e. The molecule has 2 unspecified atom stereocenters. The molecule has 1 aromatic rings. The van der Waals surface area contributed by atoms with Gasteiger partial charge < -0.3 is 15.8 Å². The second-order valence-corrected chi connectivity index (χ2v) is 10.00. The number of carbonyl (C=O) groups is 2. The van der Waals surface area contributed by atoms with Gasteiger partial charge in [0, 0.05) is 30.5 Å². The zero-order valence-corrected chi connectivity index (χ0v) is 18.2. The number of benzene rings is 1. The molecule has 1 aromatic carbocycles. The van der Waals surface area contributed by atoms with E-state index < -0.39 is 28.8 Å². The molecule has 168 valence electrons. The number of ether oxygens (including phenoxy) is 1. The lowest BCUT2D eigenvalue weighted by Crippen LogP contribution is -2.50. The predicted molar refractivity (Wildman–Crippen MR) is 110 cm³/mol. The van der Waals surface area contributed by atoms with Crippen molar-refractivity contribution in [2.75, 3.05) is 6.54 Å². The molecule has 2 aliphatic heterocycles. The van der Waals surface area contributed by atoms with E-state index in [0.717, 1.165) is 6.07 Å². The third kappa shape index (κ3) is 4.36. The summed E-state index contributed by atoms with van der Waals surface area (Å²) in [5, 5.41) is 2.93. The highest BCUT2D eigenvalue weighted by Gasteiger charge is 2.47. The molecule has 3 atom stereocenters. The molecule has 3 N–H and O–H groups in total. The SMILES string of the molecule is CC1(C)CC(=O)N(CC2C[C@H]2C(=O)NC2CC(C)(C)Oc3c(F)cc(F)cc32)C(N)=N1.